The highest BCUT2D eigenvalue weighted by molar-refractivity contribution is 5.47. The quantitative estimate of drug-likeness (QED) is 0.792. The first-order chi connectivity index (χ1) is 8.15. The van der Waals surface area contributed by atoms with Gasteiger partial charge in [0.15, 0.2) is 0 Å². The maximum absolute atomic E-state index is 5.81. The smallest absolute Gasteiger partial charge is 0.0343 e. The highest BCUT2D eigenvalue weighted by Gasteiger charge is 1.98. The molecule has 1 nitrogen and oxygen atoms in total. The average molecular weight is 225 g/mol. The van der Waals surface area contributed by atoms with Gasteiger partial charge in [-0.2, -0.15) is 0 Å². The zero-order valence-electron chi connectivity index (χ0n) is 10.5. The second-order valence-electron chi connectivity index (χ2n) is 4.68. The van der Waals surface area contributed by atoms with Gasteiger partial charge < -0.3 is 5.73 Å². The van der Waals surface area contributed by atoms with Crippen LogP contribution in [0.15, 0.2) is 42.5 Å². The van der Waals surface area contributed by atoms with E-state index in [2.05, 4.69) is 50.2 Å². The largest absolute Gasteiger partial charge is 0.399 e. The highest BCUT2D eigenvalue weighted by Crippen LogP contribution is 2.15. The van der Waals surface area contributed by atoms with E-state index >= 15 is 0 Å². The van der Waals surface area contributed by atoms with Crippen molar-refractivity contribution in [2.45, 2.75) is 26.7 Å². The van der Waals surface area contributed by atoms with E-state index in [1.807, 2.05) is 6.07 Å². The van der Waals surface area contributed by atoms with Gasteiger partial charge in [-0.15, -0.1) is 0 Å². The predicted molar refractivity (Wildman–Crippen MR) is 74.2 cm³/mol. The standard InChI is InChI=1S/C16H19N/c1-12-3-5-14(6-4-12)7-8-15-9-10-16(17)13(2)11-15/h3-6,9-11H,7-8,17H2,1-2H3. The Kier molecular flexibility index (Phi) is 3.48. The van der Waals surface area contributed by atoms with Crippen molar-refractivity contribution in [3.63, 3.8) is 0 Å². The molecule has 2 rings (SSSR count). The second-order valence-corrected chi connectivity index (χ2v) is 4.68. The number of aryl methyl sites for hydroxylation is 4. The molecule has 1 heteroatoms. The van der Waals surface area contributed by atoms with E-state index in [9.17, 15) is 0 Å². The molecule has 0 aliphatic heterocycles. The molecule has 0 unspecified atom stereocenters. The van der Waals surface area contributed by atoms with Crippen LogP contribution in [-0.4, -0.2) is 0 Å². The van der Waals surface area contributed by atoms with Gasteiger partial charge in [-0.3, -0.25) is 0 Å². The highest BCUT2D eigenvalue weighted by atomic mass is 14.5. The summed E-state index contributed by atoms with van der Waals surface area (Å²) in [6, 6.07) is 15.1. The van der Waals surface area contributed by atoms with Crippen molar-refractivity contribution in [3.05, 3.63) is 64.7 Å². The lowest BCUT2D eigenvalue weighted by molar-refractivity contribution is 0.957. The van der Waals surface area contributed by atoms with Crippen LogP contribution in [0, 0.1) is 13.8 Å². The molecular weight excluding hydrogens is 206 g/mol. The molecule has 88 valence electrons. The van der Waals surface area contributed by atoms with Crippen LogP contribution in [0.4, 0.5) is 5.69 Å². The number of anilines is 1. The van der Waals surface area contributed by atoms with Crippen molar-refractivity contribution >= 4 is 5.69 Å². The second kappa shape index (κ2) is 5.05. The van der Waals surface area contributed by atoms with Crippen LogP contribution in [0.5, 0.6) is 0 Å². The fraction of sp³-hybridized carbons (Fsp3) is 0.250. The van der Waals surface area contributed by atoms with Crippen molar-refractivity contribution in [1.82, 2.24) is 0 Å². The van der Waals surface area contributed by atoms with Gasteiger partial charge in [-0.05, 0) is 49.4 Å². The van der Waals surface area contributed by atoms with Crippen LogP contribution in [0.25, 0.3) is 0 Å². The first-order valence-electron chi connectivity index (χ1n) is 6.06. The molecule has 0 aliphatic carbocycles. The van der Waals surface area contributed by atoms with Gasteiger partial charge >= 0.3 is 0 Å². The Morgan fingerprint density at radius 2 is 1.41 bits per heavy atom. The molecular formula is C16H19N. The minimum absolute atomic E-state index is 0.879. The van der Waals surface area contributed by atoms with Gasteiger partial charge in [0.1, 0.15) is 0 Å². The van der Waals surface area contributed by atoms with E-state index in [0.717, 1.165) is 18.5 Å². The first-order valence-corrected chi connectivity index (χ1v) is 6.06. The average Bonchev–Trinajstić information content (AvgIpc) is 2.33. The number of benzene rings is 2. The Morgan fingerprint density at radius 3 is 2.06 bits per heavy atom. The SMILES string of the molecule is Cc1ccc(CCc2ccc(N)c(C)c2)cc1. The molecule has 2 N–H and O–H groups in total. The monoisotopic (exact) mass is 225 g/mol. The van der Waals surface area contributed by atoms with Gasteiger partial charge in [0.05, 0.1) is 0 Å². The third-order valence-corrected chi connectivity index (χ3v) is 3.16. The summed E-state index contributed by atoms with van der Waals surface area (Å²) in [5.41, 5.74) is 11.9. The number of hydrogen-bond donors (Lipinski definition) is 1. The molecule has 2 aromatic rings. The molecule has 0 saturated carbocycles. The molecule has 0 bridgehead atoms. The first kappa shape index (κ1) is 11.7. The summed E-state index contributed by atoms with van der Waals surface area (Å²) >= 11 is 0. The lowest BCUT2D eigenvalue weighted by atomic mass is 10.0. The van der Waals surface area contributed by atoms with Gasteiger partial charge in [-0.1, -0.05) is 42.0 Å². The molecule has 2 aromatic carbocycles. The molecule has 17 heavy (non-hydrogen) atoms. The topological polar surface area (TPSA) is 26.0 Å². The zero-order valence-corrected chi connectivity index (χ0v) is 10.5. The lowest BCUT2D eigenvalue weighted by Crippen LogP contribution is -1.94. The van der Waals surface area contributed by atoms with E-state index < -0.39 is 0 Å². The van der Waals surface area contributed by atoms with E-state index in [4.69, 9.17) is 5.73 Å². The van der Waals surface area contributed by atoms with E-state index in [1.54, 1.807) is 0 Å². The van der Waals surface area contributed by atoms with E-state index in [0.29, 0.717) is 0 Å². The van der Waals surface area contributed by atoms with Crippen LogP contribution in [0.2, 0.25) is 0 Å². The molecule has 0 aliphatic rings. The Labute approximate surface area is 103 Å². The summed E-state index contributed by atoms with van der Waals surface area (Å²) < 4.78 is 0. The van der Waals surface area contributed by atoms with E-state index in [-0.39, 0.29) is 0 Å². The molecule has 0 radical (unpaired) electrons. The maximum atomic E-state index is 5.81. The lowest BCUT2D eigenvalue weighted by Gasteiger charge is -2.05. The third-order valence-electron chi connectivity index (χ3n) is 3.16. The number of nitrogen functional groups attached to an aromatic ring is 1. The molecule has 0 amide bonds. The van der Waals surface area contributed by atoms with Gasteiger partial charge in [-0.25, -0.2) is 0 Å². The van der Waals surface area contributed by atoms with Crippen molar-refractivity contribution in [3.8, 4) is 0 Å². The summed E-state index contributed by atoms with van der Waals surface area (Å²) in [4.78, 5) is 0. The molecule has 0 heterocycles. The van der Waals surface area contributed by atoms with Gasteiger partial charge in [0.25, 0.3) is 0 Å². The number of hydrogen-bond acceptors (Lipinski definition) is 1. The van der Waals surface area contributed by atoms with Gasteiger partial charge in [0.2, 0.25) is 0 Å². The summed E-state index contributed by atoms with van der Waals surface area (Å²) in [6.45, 7) is 4.18. The van der Waals surface area contributed by atoms with Crippen LogP contribution < -0.4 is 5.73 Å². The Morgan fingerprint density at radius 1 is 0.824 bits per heavy atom. The Bertz CT molecular complexity index is 497. The Balaban J connectivity index is 2.02. The van der Waals surface area contributed by atoms with Crippen LogP contribution in [-0.2, 0) is 12.8 Å². The molecule has 0 spiro atoms. The fourth-order valence-electron chi connectivity index (χ4n) is 1.94. The van der Waals surface area contributed by atoms with Crippen LogP contribution in [0.3, 0.4) is 0 Å². The van der Waals surface area contributed by atoms with Crippen molar-refractivity contribution in [2.24, 2.45) is 0 Å². The van der Waals surface area contributed by atoms with Crippen LogP contribution >= 0.6 is 0 Å². The summed E-state index contributed by atoms with van der Waals surface area (Å²) in [6.07, 6.45) is 2.16. The molecule has 0 saturated heterocycles. The van der Waals surface area contributed by atoms with E-state index in [1.165, 1.54) is 22.3 Å². The minimum Gasteiger partial charge on any atom is -0.399 e. The third kappa shape index (κ3) is 3.10. The van der Waals surface area contributed by atoms with Crippen molar-refractivity contribution < 1.29 is 0 Å². The fourth-order valence-corrected chi connectivity index (χ4v) is 1.94. The minimum atomic E-state index is 0.879. The van der Waals surface area contributed by atoms with Crippen molar-refractivity contribution in [1.29, 1.82) is 0 Å². The number of nitrogens with two attached hydrogens (primary N) is 1. The van der Waals surface area contributed by atoms with Gasteiger partial charge in [0, 0.05) is 5.69 Å². The number of rotatable bonds is 3. The molecule has 0 fully saturated rings. The normalized spacial score (nSPS) is 10.5. The summed E-state index contributed by atoms with van der Waals surface area (Å²) in [5, 5.41) is 0. The zero-order chi connectivity index (χ0) is 12.3. The summed E-state index contributed by atoms with van der Waals surface area (Å²) in [5.74, 6) is 0. The molecule has 0 atom stereocenters. The molecule has 0 aromatic heterocycles. The predicted octanol–water partition coefficient (Wildman–Crippen LogP) is 3.67. The van der Waals surface area contributed by atoms with Crippen molar-refractivity contribution in [2.75, 3.05) is 5.73 Å². The summed E-state index contributed by atoms with van der Waals surface area (Å²) in [7, 11) is 0. The maximum Gasteiger partial charge on any atom is 0.0343 e. The van der Waals surface area contributed by atoms with Crippen LogP contribution in [0.1, 0.15) is 22.3 Å². The Hall–Kier alpha value is -1.76.